The molecule has 0 unspecified atom stereocenters. The summed E-state index contributed by atoms with van der Waals surface area (Å²) in [6.07, 6.45) is 3.07. The number of hydrogen-bond donors (Lipinski definition) is 0. The van der Waals surface area contributed by atoms with E-state index in [9.17, 15) is 4.79 Å². The third-order valence-electron chi connectivity index (χ3n) is 1.19. The lowest BCUT2D eigenvalue weighted by molar-refractivity contribution is -0.107. The Kier molecular flexibility index (Phi) is 4.11. The summed E-state index contributed by atoms with van der Waals surface area (Å²) in [5, 5.41) is 1.54. The van der Waals surface area contributed by atoms with Gasteiger partial charge in [-0.25, -0.2) is 4.98 Å². The summed E-state index contributed by atoms with van der Waals surface area (Å²) in [4.78, 5) is 14.1. The van der Waals surface area contributed by atoms with Gasteiger partial charge in [0.05, 0.1) is 10.0 Å². The zero-order chi connectivity index (χ0) is 8.81. The third kappa shape index (κ3) is 3.24. The molecule has 2 nitrogen and oxygen atoms in total. The van der Waals surface area contributed by atoms with Crippen LogP contribution in [0.15, 0.2) is 23.4 Å². The predicted molar refractivity (Wildman–Crippen MR) is 50.7 cm³/mol. The van der Waals surface area contributed by atoms with Crippen molar-refractivity contribution in [3.8, 4) is 0 Å². The van der Waals surface area contributed by atoms with Gasteiger partial charge in [-0.05, 0) is 12.1 Å². The molecule has 4 heteroatoms. The Bertz CT molecular complexity index is 250. The lowest BCUT2D eigenvalue weighted by atomic mass is 10.5. The average molecular weight is 202 g/mol. The maximum Gasteiger partial charge on any atom is 0.120 e. The van der Waals surface area contributed by atoms with Gasteiger partial charge in [0.15, 0.2) is 0 Å². The van der Waals surface area contributed by atoms with Crippen LogP contribution in [0, 0.1) is 0 Å². The van der Waals surface area contributed by atoms with Crippen molar-refractivity contribution in [1.29, 1.82) is 0 Å². The van der Waals surface area contributed by atoms with E-state index in [0.29, 0.717) is 11.4 Å². The fraction of sp³-hybridized carbons (Fsp3) is 0.250. The minimum atomic E-state index is 0.564. The van der Waals surface area contributed by atoms with Crippen LogP contribution in [0.1, 0.15) is 6.42 Å². The van der Waals surface area contributed by atoms with Crippen LogP contribution < -0.4 is 0 Å². The van der Waals surface area contributed by atoms with Crippen LogP contribution in [-0.2, 0) is 4.79 Å². The van der Waals surface area contributed by atoms with E-state index < -0.39 is 0 Å². The molecule has 0 radical (unpaired) electrons. The molecule has 0 amide bonds. The first-order chi connectivity index (χ1) is 5.83. The fourth-order valence-corrected chi connectivity index (χ4v) is 1.49. The number of nitrogens with zero attached hydrogens (tertiary/aromatic N) is 1. The first-order valence-electron chi connectivity index (χ1n) is 3.51. The van der Waals surface area contributed by atoms with Gasteiger partial charge in [0.1, 0.15) is 6.29 Å². The lowest BCUT2D eigenvalue weighted by Gasteiger charge is -1.96. The number of hydrogen-bond acceptors (Lipinski definition) is 3. The number of aromatic nitrogens is 1. The average Bonchev–Trinajstić information content (AvgIpc) is 2.09. The number of carbonyl (C=O) groups is 1. The van der Waals surface area contributed by atoms with Crippen molar-refractivity contribution in [3.63, 3.8) is 0 Å². The molecule has 0 spiro atoms. The van der Waals surface area contributed by atoms with Crippen LogP contribution >= 0.6 is 23.4 Å². The number of rotatable bonds is 4. The molecule has 0 aliphatic rings. The lowest BCUT2D eigenvalue weighted by Crippen LogP contribution is -1.83. The van der Waals surface area contributed by atoms with E-state index in [4.69, 9.17) is 11.6 Å². The highest BCUT2D eigenvalue weighted by atomic mass is 35.5. The van der Waals surface area contributed by atoms with Crippen LogP contribution in [0.4, 0.5) is 0 Å². The number of pyridine rings is 1. The highest BCUT2D eigenvalue weighted by Gasteiger charge is 1.94. The maximum atomic E-state index is 9.99. The second-order valence-corrected chi connectivity index (χ2v) is 3.67. The quantitative estimate of drug-likeness (QED) is 0.426. The molecule has 0 saturated heterocycles. The molecule has 0 saturated carbocycles. The maximum absolute atomic E-state index is 9.99. The Labute approximate surface area is 80.3 Å². The van der Waals surface area contributed by atoms with E-state index >= 15 is 0 Å². The zero-order valence-electron chi connectivity index (χ0n) is 6.37. The molecule has 1 aromatic heterocycles. The summed E-state index contributed by atoms with van der Waals surface area (Å²) < 4.78 is 0. The van der Waals surface area contributed by atoms with Gasteiger partial charge in [0, 0.05) is 18.4 Å². The van der Waals surface area contributed by atoms with E-state index in [1.54, 1.807) is 24.0 Å². The number of carbonyl (C=O) groups excluding carboxylic acids is 1. The Morgan fingerprint density at radius 2 is 2.42 bits per heavy atom. The first-order valence-corrected chi connectivity index (χ1v) is 4.87. The minimum absolute atomic E-state index is 0.564. The van der Waals surface area contributed by atoms with Crippen molar-refractivity contribution in [2.24, 2.45) is 0 Å². The normalized spacial score (nSPS) is 9.75. The molecular formula is C8H8ClNOS. The van der Waals surface area contributed by atoms with Gasteiger partial charge in [0.25, 0.3) is 0 Å². The van der Waals surface area contributed by atoms with Crippen LogP contribution in [0.3, 0.4) is 0 Å². The molecule has 12 heavy (non-hydrogen) atoms. The van der Waals surface area contributed by atoms with Crippen LogP contribution in [0.2, 0.25) is 5.02 Å². The Morgan fingerprint density at radius 1 is 1.58 bits per heavy atom. The fourth-order valence-electron chi connectivity index (χ4n) is 0.659. The van der Waals surface area contributed by atoms with Crippen molar-refractivity contribution in [3.05, 3.63) is 23.4 Å². The molecule has 0 fully saturated rings. The summed E-state index contributed by atoms with van der Waals surface area (Å²) in [6.45, 7) is 0. The molecule has 0 atom stereocenters. The zero-order valence-corrected chi connectivity index (χ0v) is 7.94. The van der Waals surface area contributed by atoms with Gasteiger partial charge < -0.3 is 4.79 Å². The predicted octanol–water partition coefficient (Wildman–Crippen LogP) is 2.42. The molecule has 0 bridgehead atoms. The summed E-state index contributed by atoms with van der Waals surface area (Å²) in [6, 6.07) is 3.63. The number of halogens is 1. The molecule has 0 N–H and O–H groups in total. The SMILES string of the molecule is O=CCCSc1ccc(Cl)cn1. The van der Waals surface area contributed by atoms with E-state index in [-0.39, 0.29) is 0 Å². The minimum Gasteiger partial charge on any atom is -0.303 e. The number of thioether (sulfide) groups is 1. The topological polar surface area (TPSA) is 30.0 Å². The highest BCUT2D eigenvalue weighted by Crippen LogP contribution is 2.17. The molecule has 1 heterocycles. The Morgan fingerprint density at radius 3 is 3.00 bits per heavy atom. The third-order valence-corrected chi connectivity index (χ3v) is 2.39. The van der Waals surface area contributed by atoms with Crippen molar-refractivity contribution in [2.75, 3.05) is 5.75 Å². The largest absolute Gasteiger partial charge is 0.303 e. The van der Waals surface area contributed by atoms with E-state index in [2.05, 4.69) is 4.98 Å². The van der Waals surface area contributed by atoms with Gasteiger partial charge in [-0.3, -0.25) is 0 Å². The molecule has 1 rings (SSSR count). The van der Waals surface area contributed by atoms with Crippen molar-refractivity contribution in [2.45, 2.75) is 11.4 Å². The van der Waals surface area contributed by atoms with E-state index in [1.165, 1.54) is 0 Å². The summed E-state index contributed by atoms with van der Waals surface area (Å²) in [5.41, 5.74) is 0. The second kappa shape index (κ2) is 5.17. The Hall–Kier alpha value is -0.540. The molecule has 64 valence electrons. The van der Waals surface area contributed by atoms with Gasteiger partial charge in [0.2, 0.25) is 0 Å². The van der Waals surface area contributed by atoms with Gasteiger partial charge in [-0.15, -0.1) is 11.8 Å². The molecular weight excluding hydrogens is 194 g/mol. The smallest absolute Gasteiger partial charge is 0.120 e. The van der Waals surface area contributed by atoms with Crippen LogP contribution in [-0.4, -0.2) is 17.0 Å². The van der Waals surface area contributed by atoms with Gasteiger partial charge in [-0.1, -0.05) is 11.6 Å². The van der Waals surface area contributed by atoms with Gasteiger partial charge in [-0.2, -0.15) is 0 Å². The molecule has 1 aromatic rings. The van der Waals surface area contributed by atoms with Crippen molar-refractivity contribution in [1.82, 2.24) is 4.98 Å². The summed E-state index contributed by atoms with van der Waals surface area (Å²) in [7, 11) is 0. The van der Waals surface area contributed by atoms with Gasteiger partial charge >= 0.3 is 0 Å². The molecule has 0 aromatic carbocycles. The van der Waals surface area contributed by atoms with Crippen molar-refractivity contribution >= 4 is 29.6 Å². The first kappa shape index (κ1) is 9.55. The van der Waals surface area contributed by atoms with Crippen LogP contribution in [0.5, 0.6) is 0 Å². The van der Waals surface area contributed by atoms with Crippen LogP contribution in [0.25, 0.3) is 0 Å². The molecule has 0 aliphatic heterocycles. The standard InChI is InChI=1S/C8H8ClNOS/c9-7-2-3-8(10-6-7)12-5-1-4-11/h2-4,6H,1,5H2. The molecule has 0 aliphatic carbocycles. The highest BCUT2D eigenvalue weighted by molar-refractivity contribution is 7.99. The van der Waals surface area contributed by atoms with E-state index in [1.807, 2.05) is 6.07 Å². The monoisotopic (exact) mass is 201 g/mol. The summed E-state index contributed by atoms with van der Waals surface area (Å²) in [5.74, 6) is 0.776. The van der Waals surface area contributed by atoms with E-state index in [0.717, 1.165) is 17.1 Å². The number of aldehydes is 1. The van der Waals surface area contributed by atoms with Crippen molar-refractivity contribution < 1.29 is 4.79 Å². The second-order valence-electron chi connectivity index (χ2n) is 2.12. The Balaban J connectivity index is 2.42. The summed E-state index contributed by atoms with van der Waals surface area (Å²) >= 11 is 7.20.